The van der Waals surface area contributed by atoms with E-state index in [2.05, 4.69) is 81.3 Å². The second kappa shape index (κ2) is 12.5. The summed E-state index contributed by atoms with van der Waals surface area (Å²) >= 11 is 0. The summed E-state index contributed by atoms with van der Waals surface area (Å²) < 4.78 is 37.9. The Morgan fingerprint density at radius 3 is 2.20 bits per heavy atom. The van der Waals surface area contributed by atoms with Crippen LogP contribution in [0.25, 0.3) is 38.9 Å². The summed E-state index contributed by atoms with van der Waals surface area (Å²) in [7, 11) is 0. The summed E-state index contributed by atoms with van der Waals surface area (Å²) in [5, 5.41) is 2.01. The molecular formula is C43H32F2N4OPt. The predicted octanol–water partition coefficient (Wildman–Crippen LogP) is 10.0. The minimum atomic E-state index is -1.10. The van der Waals surface area contributed by atoms with Crippen LogP contribution in [0.3, 0.4) is 0 Å². The first kappa shape index (κ1) is 32.2. The Bertz CT molecular complexity index is 2390. The van der Waals surface area contributed by atoms with Gasteiger partial charge in [0, 0.05) is 29.1 Å². The minimum Gasteiger partial charge on any atom is -0.498 e. The van der Waals surface area contributed by atoms with Gasteiger partial charge in [-0.1, -0.05) is 77.8 Å². The Labute approximate surface area is 309 Å². The van der Waals surface area contributed by atoms with Crippen molar-refractivity contribution in [3.63, 3.8) is 0 Å². The topological polar surface area (TPSA) is 52.8 Å². The van der Waals surface area contributed by atoms with Gasteiger partial charge in [0.1, 0.15) is 11.8 Å². The molecule has 0 spiro atoms. The second-order valence-corrected chi connectivity index (χ2v) is 14.2. The molecule has 0 amide bonds. The van der Waals surface area contributed by atoms with Gasteiger partial charge in [-0.25, -0.2) is 13.8 Å². The Kier molecular flexibility index (Phi) is 7.88. The number of hydrogen-bond acceptors (Lipinski definition) is 4. The van der Waals surface area contributed by atoms with Gasteiger partial charge in [0.15, 0.2) is 5.95 Å². The molecule has 0 radical (unpaired) electrons. The predicted molar refractivity (Wildman–Crippen MR) is 188 cm³/mol. The fraction of sp³-hybridized carbons (Fsp3) is 0.233. The number of hydrogen-bond donors (Lipinski definition) is 0. The third-order valence-corrected chi connectivity index (χ3v) is 11.6. The van der Waals surface area contributed by atoms with Crippen molar-refractivity contribution in [1.82, 2.24) is 19.5 Å². The molecule has 5 nitrogen and oxygen atoms in total. The summed E-state index contributed by atoms with van der Waals surface area (Å²) in [4.78, 5) is 12.6. The van der Waals surface area contributed by atoms with Gasteiger partial charge in [-0.3, -0.25) is 4.98 Å². The number of rotatable bonds is 6. The number of aromatic nitrogens is 4. The number of nitrogens with zero attached hydrogens (tertiary/aromatic N) is 4. The SMILES string of the molecule is Fc1nc(F)c(-c2ccccn2)[c-]c1Oc1[c-]c2c(cc1)c1ccccc1n2-c1cc(C2(c3ccccc3)C3CC4CC(C3)CC2C4)ccn1.[Pt+2]. The van der Waals surface area contributed by atoms with Crippen LogP contribution in [-0.4, -0.2) is 19.5 Å². The third-order valence-electron chi connectivity index (χ3n) is 11.6. The van der Waals surface area contributed by atoms with Crippen molar-refractivity contribution in [3.8, 4) is 28.6 Å². The van der Waals surface area contributed by atoms with E-state index < -0.39 is 11.9 Å². The molecule has 7 aromatic rings. The van der Waals surface area contributed by atoms with Crippen molar-refractivity contribution in [2.45, 2.75) is 37.5 Å². The molecule has 0 saturated heterocycles. The van der Waals surface area contributed by atoms with E-state index in [9.17, 15) is 4.39 Å². The molecule has 4 fully saturated rings. The van der Waals surface area contributed by atoms with E-state index in [1.807, 2.05) is 24.4 Å². The molecule has 0 aliphatic heterocycles. The summed E-state index contributed by atoms with van der Waals surface area (Å²) in [6.45, 7) is 0. The molecule has 8 heteroatoms. The summed E-state index contributed by atoms with van der Waals surface area (Å²) in [6, 6.07) is 38.7. The van der Waals surface area contributed by atoms with Gasteiger partial charge in [-0.05, 0) is 102 Å². The van der Waals surface area contributed by atoms with E-state index in [0.717, 1.165) is 39.5 Å². The van der Waals surface area contributed by atoms with Crippen molar-refractivity contribution in [2.75, 3.05) is 0 Å². The molecule has 4 aliphatic carbocycles. The van der Waals surface area contributed by atoms with Crippen LogP contribution in [0.1, 0.15) is 43.2 Å². The van der Waals surface area contributed by atoms with Crippen LogP contribution in [0.2, 0.25) is 0 Å². The number of fused-ring (bicyclic) bond motifs is 3. The van der Waals surface area contributed by atoms with Crippen LogP contribution in [0.5, 0.6) is 11.5 Å². The molecule has 11 rings (SSSR count). The van der Waals surface area contributed by atoms with Crippen LogP contribution in [-0.2, 0) is 26.5 Å². The van der Waals surface area contributed by atoms with E-state index in [1.165, 1.54) is 49.4 Å². The van der Waals surface area contributed by atoms with Gasteiger partial charge >= 0.3 is 21.1 Å². The van der Waals surface area contributed by atoms with Crippen LogP contribution in [0, 0.1) is 47.7 Å². The van der Waals surface area contributed by atoms with Gasteiger partial charge in [0.2, 0.25) is 0 Å². The largest absolute Gasteiger partial charge is 2.00 e. The molecular weight excluding hydrogens is 822 g/mol. The maximum atomic E-state index is 15.0. The maximum absolute atomic E-state index is 15.0. The van der Waals surface area contributed by atoms with Gasteiger partial charge in [0.25, 0.3) is 0 Å². The average Bonchev–Trinajstić information content (AvgIpc) is 3.47. The van der Waals surface area contributed by atoms with Crippen LogP contribution < -0.4 is 4.74 Å². The first-order chi connectivity index (χ1) is 24.6. The summed E-state index contributed by atoms with van der Waals surface area (Å²) in [5.41, 5.74) is 4.59. The average molecular weight is 854 g/mol. The maximum Gasteiger partial charge on any atom is 2.00 e. The molecule has 4 saturated carbocycles. The van der Waals surface area contributed by atoms with Crippen molar-refractivity contribution in [2.24, 2.45) is 23.7 Å². The van der Waals surface area contributed by atoms with Crippen LogP contribution in [0.4, 0.5) is 8.78 Å². The summed E-state index contributed by atoms with van der Waals surface area (Å²) in [5.74, 6) is 1.44. The minimum absolute atomic E-state index is 0. The fourth-order valence-electron chi connectivity index (χ4n) is 9.99. The van der Waals surface area contributed by atoms with E-state index in [4.69, 9.17) is 9.72 Å². The van der Waals surface area contributed by atoms with E-state index in [-0.39, 0.29) is 49.2 Å². The molecule has 4 aliphatic rings. The molecule has 3 aromatic carbocycles. The Balaban J connectivity index is 0.00000348. The van der Waals surface area contributed by atoms with Crippen LogP contribution in [0.15, 0.2) is 109 Å². The fourth-order valence-corrected chi connectivity index (χ4v) is 9.99. The Hall–Kier alpha value is -4.74. The number of ether oxygens (including phenoxy) is 1. The number of benzene rings is 3. The van der Waals surface area contributed by atoms with E-state index in [1.54, 1.807) is 24.3 Å². The Morgan fingerprint density at radius 1 is 0.686 bits per heavy atom. The monoisotopic (exact) mass is 853 g/mol. The normalized spacial score (nSPS) is 23.4. The van der Waals surface area contributed by atoms with Gasteiger partial charge in [-0.2, -0.15) is 6.07 Å². The van der Waals surface area contributed by atoms with Crippen molar-refractivity contribution in [1.29, 1.82) is 0 Å². The molecule has 254 valence electrons. The van der Waals surface area contributed by atoms with E-state index in [0.29, 0.717) is 11.8 Å². The number of para-hydroxylation sites is 1. The van der Waals surface area contributed by atoms with Crippen LogP contribution >= 0.6 is 0 Å². The Morgan fingerprint density at radius 2 is 1.43 bits per heavy atom. The molecule has 0 N–H and O–H groups in total. The molecule has 0 atom stereocenters. The zero-order chi connectivity index (χ0) is 33.4. The molecule has 4 heterocycles. The molecule has 4 bridgehead atoms. The van der Waals surface area contributed by atoms with E-state index >= 15 is 4.39 Å². The first-order valence-electron chi connectivity index (χ1n) is 17.4. The molecule has 51 heavy (non-hydrogen) atoms. The van der Waals surface area contributed by atoms with Gasteiger partial charge < -0.3 is 14.3 Å². The quantitative estimate of drug-likeness (QED) is 0.124. The number of pyridine rings is 3. The molecule has 0 unspecified atom stereocenters. The van der Waals surface area contributed by atoms with Crippen molar-refractivity contribution < 1.29 is 34.6 Å². The summed E-state index contributed by atoms with van der Waals surface area (Å²) in [6.07, 6.45) is 9.97. The smallest absolute Gasteiger partial charge is 0.498 e. The standard InChI is InChI=1S/C43H32F2N4O.Pt/c44-41-35(36-11-6-7-16-46-36)25-39(42(45)48-41)50-32-13-14-34-33-10-4-5-12-37(33)49(38(34)24-32)40-23-29(15-17-47-40)43(28-8-2-1-3-9-28)30-19-26-18-27(21-30)22-31(43)20-26;/h1-17,23,26-27,30-31H,18-22H2;/q-2;+2. The zero-order valence-electron chi connectivity index (χ0n) is 27.5. The zero-order valence-corrected chi connectivity index (χ0v) is 29.8. The van der Waals surface area contributed by atoms with Crippen molar-refractivity contribution in [3.05, 3.63) is 145 Å². The third kappa shape index (κ3) is 5.07. The first-order valence-corrected chi connectivity index (χ1v) is 17.4. The van der Waals surface area contributed by atoms with Gasteiger partial charge in [-0.15, -0.1) is 17.5 Å². The number of halogens is 2. The van der Waals surface area contributed by atoms with Gasteiger partial charge in [0.05, 0.1) is 5.75 Å². The molecule has 4 aromatic heterocycles. The second-order valence-electron chi connectivity index (χ2n) is 14.2. The van der Waals surface area contributed by atoms with Crippen molar-refractivity contribution >= 4 is 21.8 Å².